The molecule has 0 bridgehead atoms. The van der Waals surface area contributed by atoms with E-state index in [9.17, 15) is 4.79 Å². The van der Waals surface area contributed by atoms with E-state index in [2.05, 4.69) is 12.2 Å². The molecule has 1 aromatic carbocycles. The summed E-state index contributed by atoms with van der Waals surface area (Å²) in [5.41, 5.74) is 1.60. The van der Waals surface area contributed by atoms with Gasteiger partial charge in [0.25, 0.3) is 5.91 Å². The van der Waals surface area contributed by atoms with Crippen molar-refractivity contribution in [2.75, 3.05) is 6.54 Å². The van der Waals surface area contributed by atoms with Crippen LogP contribution in [0.2, 0.25) is 5.02 Å². The molecule has 0 saturated carbocycles. The van der Waals surface area contributed by atoms with Gasteiger partial charge in [0.1, 0.15) is 0 Å². The van der Waals surface area contributed by atoms with Crippen LogP contribution in [0.5, 0.6) is 0 Å². The standard InChI is InChI=1S/C12H16ClNO/c1-3-4-7-14-12(15)10-8-9(2)5-6-11(10)13/h5-6,8H,3-4,7H2,1-2H3,(H,14,15). The van der Waals surface area contributed by atoms with Crippen molar-refractivity contribution in [2.24, 2.45) is 0 Å². The molecule has 0 saturated heterocycles. The van der Waals surface area contributed by atoms with Crippen LogP contribution in [-0.2, 0) is 0 Å². The Kier molecular flexibility index (Phi) is 4.63. The maximum atomic E-state index is 11.7. The van der Waals surface area contributed by atoms with Crippen LogP contribution in [0, 0.1) is 6.92 Å². The molecule has 0 aromatic heterocycles. The summed E-state index contributed by atoms with van der Waals surface area (Å²) in [6.07, 6.45) is 2.07. The molecule has 0 fully saturated rings. The molecule has 0 atom stereocenters. The predicted octanol–water partition coefficient (Wildman–Crippen LogP) is 3.18. The van der Waals surface area contributed by atoms with Gasteiger partial charge in [-0.25, -0.2) is 0 Å². The van der Waals surface area contributed by atoms with Gasteiger partial charge < -0.3 is 5.32 Å². The van der Waals surface area contributed by atoms with E-state index >= 15 is 0 Å². The van der Waals surface area contributed by atoms with Crippen LogP contribution in [0.1, 0.15) is 35.7 Å². The van der Waals surface area contributed by atoms with Crippen molar-refractivity contribution in [3.63, 3.8) is 0 Å². The number of nitrogens with one attached hydrogen (secondary N) is 1. The minimum atomic E-state index is -0.0860. The molecule has 0 heterocycles. The Bertz CT molecular complexity index is 349. The lowest BCUT2D eigenvalue weighted by Crippen LogP contribution is -2.24. The number of halogens is 1. The number of unbranched alkanes of at least 4 members (excludes halogenated alkanes) is 1. The van der Waals surface area contributed by atoms with Gasteiger partial charge in [-0.1, -0.05) is 36.6 Å². The Labute approximate surface area is 95.6 Å². The van der Waals surface area contributed by atoms with Crippen LogP contribution in [-0.4, -0.2) is 12.5 Å². The third-order valence-electron chi connectivity index (χ3n) is 2.18. The van der Waals surface area contributed by atoms with Gasteiger partial charge in [0.05, 0.1) is 10.6 Å². The smallest absolute Gasteiger partial charge is 0.252 e. The molecule has 82 valence electrons. The normalized spacial score (nSPS) is 10.1. The zero-order chi connectivity index (χ0) is 11.3. The van der Waals surface area contributed by atoms with Crippen LogP contribution in [0.3, 0.4) is 0 Å². The van der Waals surface area contributed by atoms with E-state index in [4.69, 9.17) is 11.6 Å². The van der Waals surface area contributed by atoms with Gasteiger partial charge in [0.2, 0.25) is 0 Å². The molecule has 0 aliphatic heterocycles. The number of carbonyl (C=O) groups excluding carboxylic acids is 1. The lowest BCUT2D eigenvalue weighted by Gasteiger charge is -2.06. The van der Waals surface area contributed by atoms with Gasteiger partial charge in [0, 0.05) is 6.54 Å². The number of amides is 1. The second kappa shape index (κ2) is 5.76. The molecule has 2 nitrogen and oxygen atoms in total. The van der Waals surface area contributed by atoms with Gasteiger partial charge in [-0.3, -0.25) is 4.79 Å². The summed E-state index contributed by atoms with van der Waals surface area (Å²) in [5, 5.41) is 3.35. The zero-order valence-electron chi connectivity index (χ0n) is 9.14. The van der Waals surface area contributed by atoms with Crippen molar-refractivity contribution in [1.29, 1.82) is 0 Å². The van der Waals surface area contributed by atoms with E-state index < -0.39 is 0 Å². The molecule has 15 heavy (non-hydrogen) atoms. The Morgan fingerprint density at radius 1 is 1.47 bits per heavy atom. The number of benzene rings is 1. The Hall–Kier alpha value is -1.02. The number of rotatable bonds is 4. The molecule has 0 unspecified atom stereocenters. The van der Waals surface area contributed by atoms with Gasteiger partial charge in [-0.05, 0) is 25.5 Å². The van der Waals surface area contributed by atoms with Crippen molar-refractivity contribution in [3.05, 3.63) is 34.3 Å². The molecule has 0 spiro atoms. The van der Waals surface area contributed by atoms with Crippen molar-refractivity contribution in [2.45, 2.75) is 26.7 Å². The number of aryl methyl sites for hydroxylation is 1. The molecule has 1 rings (SSSR count). The average Bonchev–Trinajstić information content (AvgIpc) is 2.22. The molecular weight excluding hydrogens is 210 g/mol. The Morgan fingerprint density at radius 2 is 2.20 bits per heavy atom. The summed E-state index contributed by atoms with van der Waals surface area (Å²) in [7, 11) is 0. The molecule has 0 aliphatic rings. The van der Waals surface area contributed by atoms with Crippen LogP contribution in [0.25, 0.3) is 0 Å². The summed E-state index contributed by atoms with van der Waals surface area (Å²) in [5.74, 6) is -0.0860. The van der Waals surface area contributed by atoms with E-state index in [0.717, 1.165) is 18.4 Å². The summed E-state index contributed by atoms with van der Waals surface area (Å²) < 4.78 is 0. The molecule has 1 N–H and O–H groups in total. The highest BCUT2D eigenvalue weighted by Crippen LogP contribution is 2.16. The Balaban J connectivity index is 2.68. The minimum absolute atomic E-state index is 0.0860. The second-order valence-corrected chi connectivity index (χ2v) is 4.00. The third kappa shape index (κ3) is 3.56. The molecular formula is C12H16ClNO. The molecule has 1 amide bonds. The summed E-state index contributed by atoms with van der Waals surface area (Å²) >= 11 is 5.94. The number of carbonyl (C=O) groups is 1. The van der Waals surface area contributed by atoms with Gasteiger partial charge in [0.15, 0.2) is 0 Å². The largest absolute Gasteiger partial charge is 0.352 e. The quantitative estimate of drug-likeness (QED) is 0.784. The predicted molar refractivity (Wildman–Crippen MR) is 63.4 cm³/mol. The monoisotopic (exact) mass is 225 g/mol. The van der Waals surface area contributed by atoms with Crippen molar-refractivity contribution < 1.29 is 4.79 Å². The maximum absolute atomic E-state index is 11.7. The highest BCUT2D eigenvalue weighted by atomic mass is 35.5. The van der Waals surface area contributed by atoms with Gasteiger partial charge in [-0.2, -0.15) is 0 Å². The van der Waals surface area contributed by atoms with Crippen LogP contribution in [0.4, 0.5) is 0 Å². The van der Waals surface area contributed by atoms with Crippen molar-refractivity contribution in [1.82, 2.24) is 5.32 Å². The summed E-state index contributed by atoms with van der Waals surface area (Å²) in [6.45, 7) is 4.74. The lowest BCUT2D eigenvalue weighted by atomic mass is 10.1. The second-order valence-electron chi connectivity index (χ2n) is 3.59. The van der Waals surface area contributed by atoms with Crippen LogP contribution < -0.4 is 5.32 Å². The molecule has 3 heteroatoms. The van der Waals surface area contributed by atoms with E-state index in [-0.39, 0.29) is 5.91 Å². The average molecular weight is 226 g/mol. The van der Waals surface area contributed by atoms with E-state index in [1.165, 1.54) is 0 Å². The van der Waals surface area contributed by atoms with Crippen LogP contribution >= 0.6 is 11.6 Å². The fourth-order valence-electron chi connectivity index (χ4n) is 1.29. The zero-order valence-corrected chi connectivity index (χ0v) is 9.90. The molecule has 0 radical (unpaired) electrons. The SMILES string of the molecule is CCCCNC(=O)c1cc(C)ccc1Cl. The third-order valence-corrected chi connectivity index (χ3v) is 2.51. The van der Waals surface area contributed by atoms with Crippen LogP contribution in [0.15, 0.2) is 18.2 Å². The topological polar surface area (TPSA) is 29.1 Å². The maximum Gasteiger partial charge on any atom is 0.252 e. The first kappa shape index (κ1) is 12.1. The van der Waals surface area contributed by atoms with Gasteiger partial charge >= 0.3 is 0 Å². The summed E-state index contributed by atoms with van der Waals surface area (Å²) in [6, 6.07) is 5.46. The lowest BCUT2D eigenvalue weighted by molar-refractivity contribution is 0.0953. The fourth-order valence-corrected chi connectivity index (χ4v) is 1.49. The summed E-state index contributed by atoms with van der Waals surface area (Å²) in [4.78, 5) is 11.7. The van der Waals surface area contributed by atoms with Crippen molar-refractivity contribution >= 4 is 17.5 Å². The highest BCUT2D eigenvalue weighted by molar-refractivity contribution is 6.33. The number of hydrogen-bond donors (Lipinski definition) is 1. The molecule has 1 aromatic rings. The van der Waals surface area contributed by atoms with E-state index in [0.29, 0.717) is 17.1 Å². The molecule has 0 aliphatic carbocycles. The first-order valence-electron chi connectivity index (χ1n) is 5.19. The first-order valence-corrected chi connectivity index (χ1v) is 5.57. The van der Waals surface area contributed by atoms with E-state index in [1.54, 1.807) is 6.07 Å². The Morgan fingerprint density at radius 3 is 2.87 bits per heavy atom. The minimum Gasteiger partial charge on any atom is -0.352 e. The fraction of sp³-hybridized carbons (Fsp3) is 0.417. The van der Waals surface area contributed by atoms with E-state index in [1.807, 2.05) is 19.1 Å². The number of hydrogen-bond acceptors (Lipinski definition) is 1. The highest BCUT2D eigenvalue weighted by Gasteiger charge is 2.09. The van der Waals surface area contributed by atoms with Crippen molar-refractivity contribution in [3.8, 4) is 0 Å². The van der Waals surface area contributed by atoms with Gasteiger partial charge in [-0.15, -0.1) is 0 Å². The first-order chi connectivity index (χ1) is 7.15.